The van der Waals surface area contributed by atoms with Crippen molar-refractivity contribution >= 4 is 35.9 Å². The second kappa shape index (κ2) is 4.03. The van der Waals surface area contributed by atoms with Crippen LogP contribution in [0.3, 0.4) is 0 Å². The van der Waals surface area contributed by atoms with Crippen molar-refractivity contribution in [1.29, 1.82) is 5.26 Å². The normalized spacial score (nSPS) is 13.9. The maximum atomic E-state index is 13.8. The molecule has 1 aliphatic rings. The number of rotatable bonds is 1. The van der Waals surface area contributed by atoms with Crippen LogP contribution in [0.25, 0.3) is 0 Å². The fourth-order valence-corrected chi connectivity index (χ4v) is 2.22. The van der Waals surface area contributed by atoms with Crippen molar-refractivity contribution in [1.82, 2.24) is 0 Å². The van der Waals surface area contributed by atoms with Gasteiger partial charge in [-0.25, -0.2) is 4.39 Å². The summed E-state index contributed by atoms with van der Waals surface area (Å²) in [5.41, 5.74) is 0.601. The van der Waals surface area contributed by atoms with E-state index in [1.807, 2.05) is 0 Å². The summed E-state index contributed by atoms with van der Waals surface area (Å²) in [6, 6.07) is 1.51. The Hall–Kier alpha value is -0.735. The Morgan fingerprint density at radius 2 is 2.47 bits per heavy atom. The highest BCUT2D eigenvalue weighted by molar-refractivity contribution is 8.03. The summed E-state index contributed by atoms with van der Waals surface area (Å²) in [7, 11) is -1.27. The number of halogens is 2. The summed E-state index contributed by atoms with van der Waals surface area (Å²) >= 11 is 6.42. The lowest BCUT2D eigenvalue weighted by molar-refractivity contribution is 0.275. The first kappa shape index (κ1) is 10.8. The van der Waals surface area contributed by atoms with Gasteiger partial charge in [0.25, 0.3) is 0 Å². The SMILES string of the molecule is N#CSc1c(Cl)cc2c(c1F)B(O)OC2. The van der Waals surface area contributed by atoms with Crippen LogP contribution < -0.4 is 5.46 Å². The quantitative estimate of drug-likeness (QED) is 0.458. The number of fused-ring (bicyclic) bond motifs is 1. The zero-order valence-electron chi connectivity index (χ0n) is 7.33. The molecule has 0 bridgehead atoms. The van der Waals surface area contributed by atoms with E-state index in [1.54, 1.807) is 5.40 Å². The number of nitriles is 1. The molecular weight excluding hydrogens is 239 g/mol. The number of hydrogen-bond donors (Lipinski definition) is 1. The van der Waals surface area contributed by atoms with E-state index in [0.717, 1.165) is 0 Å². The molecule has 1 aromatic rings. The fourth-order valence-electron chi connectivity index (χ4n) is 1.44. The minimum Gasteiger partial charge on any atom is -0.423 e. The van der Waals surface area contributed by atoms with E-state index in [0.29, 0.717) is 17.3 Å². The molecule has 0 radical (unpaired) electrons. The van der Waals surface area contributed by atoms with Crippen LogP contribution in [0.2, 0.25) is 5.02 Å². The molecule has 1 N–H and O–H groups in total. The molecule has 0 aliphatic carbocycles. The van der Waals surface area contributed by atoms with Crippen molar-refractivity contribution in [3.63, 3.8) is 0 Å². The molecule has 0 amide bonds. The van der Waals surface area contributed by atoms with E-state index in [1.165, 1.54) is 6.07 Å². The predicted octanol–water partition coefficient (Wildman–Crippen LogP) is 1.27. The van der Waals surface area contributed by atoms with E-state index in [4.69, 9.17) is 21.5 Å². The molecule has 2 rings (SSSR count). The van der Waals surface area contributed by atoms with E-state index >= 15 is 0 Å². The highest BCUT2D eigenvalue weighted by Gasteiger charge is 2.33. The lowest BCUT2D eigenvalue weighted by atomic mass is 9.79. The molecule has 0 saturated heterocycles. The van der Waals surface area contributed by atoms with Gasteiger partial charge in [-0.2, -0.15) is 5.26 Å². The molecule has 0 saturated carbocycles. The largest absolute Gasteiger partial charge is 0.494 e. The molecule has 7 heteroatoms. The fraction of sp³-hybridized carbons (Fsp3) is 0.125. The Morgan fingerprint density at radius 1 is 1.73 bits per heavy atom. The van der Waals surface area contributed by atoms with Crippen LogP contribution in [-0.2, 0) is 11.3 Å². The van der Waals surface area contributed by atoms with Gasteiger partial charge in [-0.3, -0.25) is 0 Å². The smallest absolute Gasteiger partial charge is 0.423 e. The van der Waals surface area contributed by atoms with Gasteiger partial charge in [-0.15, -0.1) is 0 Å². The Balaban J connectivity index is 2.61. The third-order valence-corrected chi connectivity index (χ3v) is 3.20. The van der Waals surface area contributed by atoms with Crippen LogP contribution in [0, 0.1) is 16.5 Å². The first-order valence-electron chi connectivity index (χ1n) is 4.01. The number of thiocyanates is 1. The van der Waals surface area contributed by atoms with Crippen molar-refractivity contribution in [2.75, 3.05) is 0 Å². The number of hydrogen-bond acceptors (Lipinski definition) is 4. The van der Waals surface area contributed by atoms with Gasteiger partial charge in [0, 0.05) is 5.46 Å². The summed E-state index contributed by atoms with van der Waals surface area (Å²) < 4.78 is 18.6. The third kappa shape index (κ3) is 1.72. The summed E-state index contributed by atoms with van der Waals surface area (Å²) in [6.45, 7) is 0.130. The van der Waals surface area contributed by atoms with Crippen molar-refractivity contribution in [2.45, 2.75) is 11.5 Å². The molecule has 1 aromatic carbocycles. The summed E-state index contributed by atoms with van der Waals surface area (Å²) in [6.07, 6.45) is 0. The zero-order valence-corrected chi connectivity index (χ0v) is 8.90. The molecule has 0 atom stereocenters. The molecule has 0 fully saturated rings. The molecule has 1 heterocycles. The van der Waals surface area contributed by atoms with Crippen molar-refractivity contribution < 1.29 is 14.1 Å². The van der Waals surface area contributed by atoms with E-state index in [9.17, 15) is 9.41 Å². The predicted molar refractivity (Wildman–Crippen MR) is 55.3 cm³/mol. The van der Waals surface area contributed by atoms with Gasteiger partial charge in [-0.1, -0.05) is 11.6 Å². The summed E-state index contributed by atoms with van der Waals surface area (Å²) in [4.78, 5) is 0.0301. The summed E-state index contributed by atoms with van der Waals surface area (Å²) in [5, 5.41) is 19.7. The maximum Gasteiger partial charge on any atom is 0.494 e. The molecule has 76 valence electrons. The second-order valence-corrected chi connectivity index (χ2v) is 4.13. The first-order valence-corrected chi connectivity index (χ1v) is 5.21. The van der Waals surface area contributed by atoms with Crippen molar-refractivity contribution in [2.24, 2.45) is 0 Å². The van der Waals surface area contributed by atoms with Crippen LogP contribution in [-0.4, -0.2) is 12.1 Å². The Labute approximate surface area is 94.9 Å². The van der Waals surface area contributed by atoms with E-state index in [2.05, 4.69) is 0 Å². The number of thioether (sulfide) groups is 1. The second-order valence-electron chi connectivity index (χ2n) is 2.93. The number of nitrogens with zero attached hydrogens (tertiary/aromatic N) is 1. The van der Waals surface area contributed by atoms with Gasteiger partial charge in [0.2, 0.25) is 0 Å². The van der Waals surface area contributed by atoms with Crippen molar-refractivity contribution in [3.05, 3.63) is 22.5 Å². The minimum atomic E-state index is -1.27. The van der Waals surface area contributed by atoms with E-state index in [-0.39, 0.29) is 22.0 Å². The molecule has 1 aliphatic heterocycles. The average molecular weight is 243 g/mol. The Morgan fingerprint density at radius 3 is 3.13 bits per heavy atom. The Bertz CT molecular complexity index is 465. The van der Waals surface area contributed by atoms with Crippen molar-refractivity contribution in [3.8, 4) is 5.40 Å². The van der Waals surface area contributed by atoms with Gasteiger partial charge in [0.05, 0.1) is 16.5 Å². The maximum absolute atomic E-state index is 13.8. The molecule has 0 spiro atoms. The topological polar surface area (TPSA) is 53.2 Å². The Kier molecular flexibility index (Phi) is 2.89. The molecule has 0 aromatic heterocycles. The van der Waals surface area contributed by atoms with Crippen LogP contribution >= 0.6 is 23.4 Å². The first-order chi connectivity index (χ1) is 7.15. The van der Waals surface area contributed by atoms with Gasteiger partial charge in [-0.05, 0) is 23.4 Å². The minimum absolute atomic E-state index is 0.0301. The highest BCUT2D eigenvalue weighted by Crippen LogP contribution is 2.31. The molecular formula is C8H4BClFNO2S. The molecule has 15 heavy (non-hydrogen) atoms. The lowest BCUT2D eigenvalue weighted by Crippen LogP contribution is -2.31. The molecule has 3 nitrogen and oxygen atoms in total. The van der Waals surface area contributed by atoms with Gasteiger partial charge < -0.3 is 9.68 Å². The zero-order chi connectivity index (χ0) is 11.0. The van der Waals surface area contributed by atoms with Gasteiger partial charge in [0.1, 0.15) is 11.2 Å². The average Bonchev–Trinajstić information content (AvgIpc) is 2.54. The lowest BCUT2D eigenvalue weighted by Gasteiger charge is -2.06. The van der Waals surface area contributed by atoms with E-state index < -0.39 is 12.9 Å². The van der Waals surface area contributed by atoms with Crippen LogP contribution in [0.4, 0.5) is 4.39 Å². The highest BCUT2D eigenvalue weighted by atomic mass is 35.5. The van der Waals surface area contributed by atoms with Gasteiger partial charge in [0.15, 0.2) is 0 Å². The van der Waals surface area contributed by atoms with Crippen LogP contribution in [0.5, 0.6) is 0 Å². The third-order valence-electron chi connectivity index (χ3n) is 2.09. The summed E-state index contributed by atoms with van der Waals surface area (Å²) in [5.74, 6) is -0.672. The van der Waals surface area contributed by atoms with Gasteiger partial charge >= 0.3 is 7.12 Å². The standard InChI is InChI=1S/C8H4BClFNO2S/c10-5-1-4-2-14-9(13)6(4)7(11)8(5)15-3-12/h1,13H,2H2. The van der Waals surface area contributed by atoms with Crippen LogP contribution in [0.15, 0.2) is 11.0 Å². The molecule has 0 unspecified atom stereocenters. The monoisotopic (exact) mass is 243 g/mol. The van der Waals surface area contributed by atoms with Crippen LogP contribution in [0.1, 0.15) is 5.56 Å². The number of benzene rings is 1.